The molecule has 6 heteroatoms. The molecule has 86 valence electrons. The van der Waals surface area contributed by atoms with E-state index in [-0.39, 0.29) is 5.41 Å². The predicted octanol–water partition coefficient (Wildman–Crippen LogP) is 1.70. The number of anilines is 1. The van der Waals surface area contributed by atoms with E-state index in [1.54, 1.807) is 12.4 Å². The molecule has 0 saturated heterocycles. The van der Waals surface area contributed by atoms with Crippen molar-refractivity contribution in [2.24, 2.45) is 0 Å². The maximum atomic E-state index is 5.08. The molecule has 0 spiro atoms. The molecule has 2 rings (SSSR count). The summed E-state index contributed by atoms with van der Waals surface area (Å²) in [5, 5.41) is 6.91. The number of rotatable bonds is 3. The molecule has 2 aromatic heterocycles. The third kappa shape index (κ3) is 2.39. The number of nitrogens with one attached hydrogen (secondary N) is 2. The number of H-pyrrole nitrogens is 1. The molecule has 0 saturated carbocycles. The Kier molecular flexibility index (Phi) is 2.64. The Bertz CT molecular complexity index is 440. The van der Waals surface area contributed by atoms with Crippen molar-refractivity contribution in [3.63, 3.8) is 0 Å². The van der Waals surface area contributed by atoms with Crippen molar-refractivity contribution in [1.29, 1.82) is 0 Å². The van der Waals surface area contributed by atoms with Crippen LogP contribution >= 0.6 is 0 Å². The number of aromatic amines is 1. The van der Waals surface area contributed by atoms with Crippen molar-refractivity contribution in [2.45, 2.75) is 32.7 Å². The molecule has 0 radical (unpaired) electrons. The van der Waals surface area contributed by atoms with E-state index < -0.39 is 0 Å². The average molecular weight is 221 g/mol. The normalized spacial score (nSPS) is 11.7. The minimum atomic E-state index is -0.103. The van der Waals surface area contributed by atoms with Gasteiger partial charge in [0.15, 0.2) is 5.82 Å². The summed E-state index contributed by atoms with van der Waals surface area (Å²) in [6.45, 7) is 6.65. The number of hydrogen-bond donors (Lipinski definition) is 2. The van der Waals surface area contributed by atoms with E-state index in [0.29, 0.717) is 18.4 Å². The van der Waals surface area contributed by atoms with Gasteiger partial charge in [-0.2, -0.15) is 4.98 Å². The topological polar surface area (TPSA) is 79.6 Å². The summed E-state index contributed by atoms with van der Waals surface area (Å²) in [6.07, 6.45) is 3.47. The summed E-state index contributed by atoms with van der Waals surface area (Å²) in [5.74, 6) is 1.52. The molecule has 0 aliphatic heterocycles. The molecule has 2 heterocycles. The Balaban J connectivity index is 1.98. The van der Waals surface area contributed by atoms with Crippen LogP contribution in [0.1, 0.15) is 32.4 Å². The molecular formula is C10H15N5O. The number of imidazole rings is 1. The third-order valence-electron chi connectivity index (χ3n) is 2.06. The van der Waals surface area contributed by atoms with Gasteiger partial charge < -0.3 is 14.8 Å². The minimum absolute atomic E-state index is 0.103. The Morgan fingerprint density at radius 1 is 1.44 bits per heavy atom. The van der Waals surface area contributed by atoms with Crippen LogP contribution in [0, 0.1) is 0 Å². The van der Waals surface area contributed by atoms with Gasteiger partial charge in [0.25, 0.3) is 0 Å². The van der Waals surface area contributed by atoms with Gasteiger partial charge in [0.05, 0.1) is 6.54 Å². The van der Waals surface area contributed by atoms with E-state index in [1.165, 1.54) is 0 Å². The molecule has 16 heavy (non-hydrogen) atoms. The van der Waals surface area contributed by atoms with E-state index in [2.05, 4.69) is 25.4 Å². The first-order chi connectivity index (χ1) is 7.55. The van der Waals surface area contributed by atoms with Crippen LogP contribution in [0.25, 0.3) is 0 Å². The predicted molar refractivity (Wildman–Crippen MR) is 58.9 cm³/mol. The van der Waals surface area contributed by atoms with Gasteiger partial charge >= 0.3 is 6.01 Å². The lowest BCUT2D eigenvalue weighted by Crippen LogP contribution is -2.13. The van der Waals surface area contributed by atoms with Gasteiger partial charge in [-0.25, -0.2) is 4.98 Å². The van der Waals surface area contributed by atoms with Crippen molar-refractivity contribution in [2.75, 3.05) is 5.32 Å². The highest BCUT2D eigenvalue weighted by Crippen LogP contribution is 2.19. The van der Waals surface area contributed by atoms with E-state index in [9.17, 15) is 0 Å². The van der Waals surface area contributed by atoms with Gasteiger partial charge in [-0.15, -0.1) is 0 Å². The van der Waals surface area contributed by atoms with Crippen LogP contribution in [0.5, 0.6) is 0 Å². The fourth-order valence-corrected chi connectivity index (χ4v) is 1.15. The Morgan fingerprint density at radius 3 is 2.81 bits per heavy atom. The van der Waals surface area contributed by atoms with Crippen LogP contribution in [0.15, 0.2) is 16.9 Å². The van der Waals surface area contributed by atoms with Crippen molar-refractivity contribution in [3.05, 3.63) is 24.0 Å². The quantitative estimate of drug-likeness (QED) is 0.824. The lowest BCUT2D eigenvalue weighted by Gasteiger charge is -2.10. The first-order valence-corrected chi connectivity index (χ1v) is 5.12. The van der Waals surface area contributed by atoms with Crippen LogP contribution in [0.4, 0.5) is 6.01 Å². The van der Waals surface area contributed by atoms with Gasteiger partial charge in [0.1, 0.15) is 5.82 Å². The molecule has 0 aliphatic rings. The smallest absolute Gasteiger partial charge is 0.321 e. The molecule has 0 atom stereocenters. The van der Waals surface area contributed by atoms with E-state index >= 15 is 0 Å². The fourth-order valence-electron chi connectivity index (χ4n) is 1.15. The summed E-state index contributed by atoms with van der Waals surface area (Å²) in [5.41, 5.74) is -0.103. The van der Waals surface area contributed by atoms with Gasteiger partial charge in [-0.05, 0) is 0 Å². The highest BCUT2D eigenvalue weighted by molar-refractivity contribution is 5.20. The van der Waals surface area contributed by atoms with Crippen molar-refractivity contribution in [3.8, 4) is 0 Å². The number of hydrogen-bond acceptors (Lipinski definition) is 5. The molecule has 6 nitrogen and oxygen atoms in total. The van der Waals surface area contributed by atoms with Crippen molar-refractivity contribution in [1.82, 2.24) is 20.1 Å². The van der Waals surface area contributed by atoms with Crippen molar-refractivity contribution >= 4 is 6.01 Å². The van der Waals surface area contributed by atoms with E-state index in [0.717, 1.165) is 5.82 Å². The van der Waals surface area contributed by atoms with Crippen LogP contribution in [-0.4, -0.2) is 20.1 Å². The zero-order chi connectivity index (χ0) is 11.6. The molecule has 0 amide bonds. The Hall–Kier alpha value is -1.85. The van der Waals surface area contributed by atoms with Crippen LogP contribution in [0.3, 0.4) is 0 Å². The SMILES string of the molecule is CC(C)(C)c1noc(NCc2ncc[nH]2)n1. The molecule has 2 N–H and O–H groups in total. The highest BCUT2D eigenvalue weighted by Gasteiger charge is 2.20. The monoisotopic (exact) mass is 221 g/mol. The third-order valence-corrected chi connectivity index (χ3v) is 2.06. The average Bonchev–Trinajstić information content (AvgIpc) is 2.85. The molecule has 0 fully saturated rings. The highest BCUT2D eigenvalue weighted by atomic mass is 16.5. The van der Waals surface area contributed by atoms with Crippen LogP contribution in [0.2, 0.25) is 0 Å². The zero-order valence-electron chi connectivity index (χ0n) is 9.61. The lowest BCUT2D eigenvalue weighted by atomic mass is 9.96. The standard InChI is InChI=1S/C10H15N5O/c1-10(2,3)8-14-9(16-15-8)13-6-7-11-4-5-12-7/h4-5H,6H2,1-3H3,(H,11,12)(H,13,14,15). The first kappa shape index (κ1) is 10.7. The Labute approximate surface area is 93.5 Å². The maximum absolute atomic E-state index is 5.08. The zero-order valence-corrected chi connectivity index (χ0v) is 9.61. The summed E-state index contributed by atoms with van der Waals surface area (Å²) < 4.78 is 5.08. The van der Waals surface area contributed by atoms with E-state index in [1.807, 2.05) is 20.8 Å². The summed E-state index contributed by atoms with van der Waals surface area (Å²) in [4.78, 5) is 11.3. The molecule has 2 aromatic rings. The molecule has 0 bridgehead atoms. The summed E-state index contributed by atoms with van der Waals surface area (Å²) in [6, 6.07) is 0.418. The molecule has 0 aliphatic carbocycles. The number of aromatic nitrogens is 4. The van der Waals surface area contributed by atoms with Gasteiger partial charge in [-0.1, -0.05) is 25.9 Å². The second-order valence-electron chi connectivity index (χ2n) is 4.56. The molecular weight excluding hydrogens is 206 g/mol. The van der Waals surface area contributed by atoms with Crippen LogP contribution < -0.4 is 5.32 Å². The second kappa shape index (κ2) is 3.96. The summed E-state index contributed by atoms with van der Waals surface area (Å²) in [7, 11) is 0. The van der Waals surface area contributed by atoms with E-state index in [4.69, 9.17) is 4.52 Å². The summed E-state index contributed by atoms with van der Waals surface area (Å²) >= 11 is 0. The largest absolute Gasteiger partial charge is 0.347 e. The van der Waals surface area contributed by atoms with Crippen molar-refractivity contribution < 1.29 is 4.52 Å². The van der Waals surface area contributed by atoms with Gasteiger partial charge in [-0.3, -0.25) is 0 Å². The maximum Gasteiger partial charge on any atom is 0.321 e. The van der Waals surface area contributed by atoms with Gasteiger partial charge in [0, 0.05) is 17.8 Å². The minimum Gasteiger partial charge on any atom is -0.347 e. The second-order valence-corrected chi connectivity index (χ2v) is 4.56. The fraction of sp³-hybridized carbons (Fsp3) is 0.500. The lowest BCUT2D eigenvalue weighted by molar-refractivity contribution is 0.402. The number of nitrogens with zero attached hydrogens (tertiary/aromatic N) is 3. The van der Waals surface area contributed by atoms with Crippen LogP contribution in [-0.2, 0) is 12.0 Å². The Morgan fingerprint density at radius 2 is 2.25 bits per heavy atom. The molecule has 0 unspecified atom stereocenters. The first-order valence-electron chi connectivity index (χ1n) is 5.12. The molecule has 0 aromatic carbocycles. The van der Waals surface area contributed by atoms with Gasteiger partial charge in [0.2, 0.25) is 0 Å².